The maximum Gasteiger partial charge on any atom is 0.268 e. The van der Waals surface area contributed by atoms with Gasteiger partial charge in [-0.25, -0.2) is 0 Å². The van der Waals surface area contributed by atoms with Crippen LogP contribution in [0.3, 0.4) is 0 Å². The van der Waals surface area contributed by atoms with Gasteiger partial charge in [-0.3, -0.25) is 4.79 Å². The van der Waals surface area contributed by atoms with E-state index in [9.17, 15) is 10.1 Å². The van der Waals surface area contributed by atoms with Crippen LogP contribution in [0.25, 0.3) is 10.9 Å². The smallest absolute Gasteiger partial charge is 0.268 e. The van der Waals surface area contributed by atoms with Crippen molar-refractivity contribution in [3.05, 3.63) is 39.7 Å². The summed E-state index contributed by atoms with van der Waals surface area (Å²) >= 11 is 0. The zero-order valence-electron chi connectivity index (χ0n) is 13.6. The fourth-order valence-corrected chi connectivity index (χ4v) is 3.49. The minimum Gasteiger partial charge on any atom is -0.383 e. The molecule has 2 N–H and O–H groups in total. The van der Waals surface area contributed by atoms with Crippen molar-refractivity contribution in [2.45, 2.75) is 45.4 Å². The number of nitrogens with zero attached hydrogens (tertiary/aromatic N) is 1. The van der Waals surface area contributed by atoms with E-state index in [0.717, 1.165) is 23.9 Å². The summed E-state index contributed by atoms with van der Waals surface area (Å²) in [7, 11) is 0. The van der Waals surface area contributed by atoms with Crippen LogP contribution in [-0.4, -0.2) is 11.5 Å². The number of aromatic amines is 1. The summed E-state index contributed by atoms with van der Waals surface area (Å²) in [4.78, 5) is 15.0. The van der Waals surface area contributed by atoms with Crippen molar-refractivity contribution < 1.29 is 0 Å². The summed E-state index contributed by atoms with van der Waals surface area (Å²) in [5.74, 6) is 0.638. The van der Waals surface area contributed by atoms with Crippen LogP contribution in [0.5, 0.6) is 0 Å². The van der Waals surface area contributed by atoms with Crippen molar-refractivity contribution in [3.8, 4) is 6.07 Å². The zero-order chi connectivity index (χ0) is 16.2. The molecule has 0 radical (unpaired) electrons. The molecule has 4 heteroatoms. The Labute approximate surface area is 136 Å². The van der Waals surface area contributed by atoms with Gasteiger partial charge in [-0.05, 0) is 42.9 Å². The lowest BCUT2D eigenvalue weighted by Gasteiger charge is -2.23. The van der Waals surface area contributed by atoms with Gasteiger partial charge in [-0.2, -0.15) is 5.26 Å². The Hall–Kier alpha value is -2.28. The van der Waals surface area contributed by atoms with E-state index in [1.54, 1.807) is 0 Å². The Balaban J connectivity index is 2.00. The lowest BCUT2D eigenvalue weighted by Crippen LogP contribution is -2.20. The van der Waals surface area contributed by atoms with Crippen LogP contribution in [0.2, 0.25) is 0 Å². The third kappa shape index (κ3) is 3.24. The predicted octanol–water partition coefficient (Wildman–Crippen LogP) is 3.95. The number of fused-ring (bicyclic) bond motifs is 1. The van der Waals surface area contributed by atoms with E-state index in [1.165, 1.54) is 37.7 Å². The van der Waals surface area contributed by atoms with E-state index < -0.39 is 0 Å². The third-order valence-electron chi connectivity index (χ3n) is 4.89. The van der Waals surface area contributed by atoms with E-state index in [-0.39, 0.29) is 11.1 Å². The van der Waals surface area contributed by atoms with Crippen molar-refractivity contribution in [1.82, 2.24) is 4.98 Å². The van der Waals surface area contributed by atoms with Gasteiger partial charge in [0.2, 0.25) is 0 Å². The highest BCUT2D eigenvalue weighted by atomic mass is 16.1. The quantitative estimate of drug-likeness (QED) is 0.898. The lowest BCUT2D eigenvalue weighted by atomic mass is 9.89. The van der Waals surface area contributed by atoms with Crippen LogP contribution >= 0.6 is 0 Å². The standard InChI is InChI=1S/C19H23N3O/c1-2-13-8-9-17-15(10-13)18(16(11-20)19(23)22-17)21-12-14-6-4-3-5-7-14/h8-10,14H,2-7,12H2,1H3,(H2,21,22,23). The Kier molecular flexibility index (Phi) is 4.66. The van der Waals surface area contributed by atoms with Gasteiger partial charge in [-0.15, -0.1) is 0 Å². The Morgan fingerprint density at radius 2 is 2.09 bits per heavy atom. The summed E-state index contributed by atoms with van der Waals surface area (Å²) in [5, 5.41) is 13.8. The number of hydrogen-bond acceptors (Lipinski definition) is 3. The fourth-order valence-electron chi connectivity index (χ4n) is 3.49. The number of hydrogen-bond donors (Lipinski definition) is 2. The highest BCUT2D eigenvalue weighted by Gasteiger charge is 2.17. The van der Waals surface area contributed by atoms with Gasteiger partial charge < -0.3 is 10.3 Å². The zero-order valence-corrected chi connectivity index (χ0v) is 13.6. The van der Waals surface area contributed by atoms with Gasteiger partial charge in [0.25, 0.3) is 5.56 Å². The molecule has 0 amide bonds. The number of aryl methyl sites for hydroxylation is 1. The van der Waals surface area contributed by atoms with Crippen LogP contribution in [0.4, 0.5) is 5.69 Å². The van der Waals surface area contributed by atoms with Gasteiger partial charge in [0.15, 0.2) is 0 Å². The van der Waals surface area contributed by atoms with Crippen molar-refractivity contribution >= 4 is 16.6 Å². The number of benzene rings is 1. The molecule has 23 heavy (non-hydrogen) atoms. The van der Waals surface area contributed by atoms with Crippen LogP contribution in [0, 0.1) is 17.2 Å². The number of anilines is 1. The molecular formula is C19H23N3O. The molecule has 2 aromatic rings. The largest absolute Gasteiger partial charge is 0.383 e. The fraction of sp³-hybridized carbons (Fsp3) is 0.474. The van der Waals surface area contributed by atoms with Gasteiger partial charge >= 0.3 is 0 Å². The molecule has 0 atom stereocenters. The molecular weight excluding hydrogens is 286 g/mol. The molecule has 1 fully saturated rings. The van der Waals surface area contributed by atoms with E-state index in [4.69, 9.17) is 0 Å². The Morgan fingerprint density at radius 3 is 2.78 bits per heavy atom. The van der Waals surface area contributed by atoms with Crippen molar-refractivity contribution in [2.75, 3.05) is 11.9 Å². The lowest BCUT2D eigenvalue weighted by molar-refractivity contribution is 0.373. The van der Waals surface area contributed by atoms with Gasteiger partial charge in [0.1, 0.15) is 11.6 Å². The van der Waals surface area contributed by atoms with Gasteiger partial charge in [-0.1, -0.05) is 32.3 Å². The number of aromatic nitrogens is 1. The summed E-state index contributed by atoms with van der Waals surface area (Å²) in [5.41, 5.74) is 2.58. The number of nitrogens with one attached hydrogen (secondary N) is 2. The second-order valence-corrected chi connectivity index (χ2v) is 6.43. The monoisotopic (exact) mass is 309 g/mol. The van der Waals surface area contributed by atoms with E-state index in [1.807, 2.05) is 12.1 Å². The molecule has 3 rings (SSSR count). The average Bonchev–Trinajstić information content (AvgIpc) is 2.59. The molecule has 1 saturated carbocycles. The van der Waals surface area contributed by atoms with E-state index in [0.29, 0.717) is 11.6 Å². The maximum atomic E-state index is 12.2. The molecule has 0 spiro atoms. The first kappa shape index (κ1) is 15.6. The summed E-state index contributed by atoms with van der Waals surface area (Å²) in [6.07, 6.45) is 7.29. The molecule has 0 aliphatic heterocycles. The first-order valence-electron chi connectivity index (χ1n) is 8.55. The van der Waals surface area contributed by atoms with Gasteiger partial charge in [0.05, 0.1) is 11.2 Å². The minimum atomic E-state index is -0.310. The molecule has 1 aliphatic rings. The summed E-state index contributed by atoms with van der Waals surface area (Å²) < 4.78 is 0. The van der Waals surface area contributed by atoms with Crippen LogP contribution in [-0.2, 0) is 6.42 Å². The van der Waals surface area contributed by atoms with Crippen LogP contribution < -0.4 is 10.9 Å². The SMILES string of the molecule is CCc1ccc2[nH]c(=O)c(C#N)c(NCC3CCCCC3)c2c1. The predicted molar refractivity (Wildman–Crippen MR) is 93.7 cm³/mol. The first-order valence-corrected chi connectivity index (χ1v) is 8.55. The number of rotatable bonds is 4. The third-order valence-corrected chi connectivity index (χ3v) is 4.89. The molecule has 0 bridgehead atoms. The molecule has 0 saturated heterocycles. The van der Waals surface area contributed by atoms with Crippen LogP contribution in [0.15, 0.2) is 23.0 Å². The maximum absolute atomic E-state index is 12.2. The van der Waals surface area contributed by atoms with E-state index >= 15 is 0 Å². The molecule has 0 unspecified atom stereocenters. The molecule has 4 nitrogen and oxygen atoms in total. The second-order valence-electron chi connectivity index (χ2n) is 6.43. The molecule has 1 heterocycles. The summed E-state index contributed by atoms with van der Waals surface area (Å²) in [6, 6.07) is 8.11. The van der Waals surface area contributed by atoms with Crippen molar-refractivity contribution in [2.24, 2.45) is 5.92 Å². The van der Waals surface area contributed by atoms with Crippen molar-refractivity contribution in [1.29, 1.82) is 5.26 Å². The molecule has 120 valence electrons. The van der Waals surface area contributed by atoms with Gasteiger partial charge in [0, 0.05) is 11.9 Å². The van der Waals surface area contributed by atoms with Crippen LogP contribution in [0.1, 0.15) is 50.2 Å². The molecule has 1 aromatic heterocycles. The average molecular weight is 309 g/mol. The van der Waals surface area contributed by atoms with E-state index in [2.05, 4.69) is 29.4 Å². The highest BCUT2D eigenvalue weighted by Crippen LogP contribution is 2.28. The normalized spacial score (nSPS) is 15.5. The second kappa shape index (κ2) is 6.87. The molecule has 1 aromatic carbocycles. The minimum absolute atomic E-state index is 0.196. The highest BCUT2D eigenvalue weighted by molar-refractivity contribution is 5.94. The topological polar surface area (TPSA) is 68.7 Å². The number of nitriles is 1. The number of H-pyrrole nitrogens is 1. The Morgan fingerprint density at radius 1 is 1.30 bits per heavy atom. The first-order chi connectivity index (χ1) is 11.2. The number of pyridine rings is 1. The Bertz CT molecular complexity index is 795. The summed E-state index contributed by atoms with van der Waals surface area (Å²) in [6.45, 7) is 2.94. The molecule has 1 aliphatic carbocycles. The van der Waals surface area contributed by atoms with Crippen molar-refractivity contribution in [3.63, 3.8) is 0 Å².